The van der Waals surface area contributed by atoms with Crippen molar-refractivity contribution in [2.24, 2.45) is 5.92 Å². The quantitative estimate of drug-likeness (QED) is 0.426. The number of carbonyl (C=O) groups excluding carboxylic acids is 2. The average molecular weight is 478 g/mol. The van der Waals surface area contributed by atoms with Crippen LogP contribution in [0.25, 0.3) is 0 Å². The topological polar surface area (TPSA) is 58.2 Å². The first-order valence-corrected chi connectivity index (χ1v) is 10.5. The van der Waals surface area contributed by atoms with Gasteiger partial charge in [-0.1, -0.05) is 41.9 Å². The first-order valence-electron chi connectivity index (χ1n) is 9.37. The van der Waals surface area contributed by atoms with E-state index in [2.05, 4.69) is 10.6 Å². The fourth-order valence-corrected chi connectivity index (χ4v) is 4.49. The Bertz CT molecular complexity index is 1140. The summed E-state index contributed by atoms with van der Waals surface area (Å²) in [4.78, 5) is 25.4. The first-order chi connectivity index (χ1) is 14.8. The number of amides is 2. The minimum atomic E-state index is -1.21. The Morgan fingerprint density at radius 3 is 2.19 bits per heavy atom. The molecule has 0 radical (unpaired) electrons. The standard InChI is InChI=1S/C23H16Cl3FN2O2/c24-18-11-10-16(12-17(18)21(30)28-15-8-6-14(27)7-9-15)29-22(31)20-19(23(20,25)26)13-4-2-1-3-5-13/h1-12,19-20H,(H,28,30)(H,29,31)/t19-,20+/m1/s1. The monoisotopic (exact) mass is 476 g/mol. The molecule has 1 aliphatic rings. The van der Waals surface area contributed by atoms with Crippen LogP contribution in [0.1, 0.15) is 21.8 Å². The molecule has 1 fully saturated rings. The lowest BCUT2D eigenvalue weighted by molar-refractivity contribution is -0.117. The number of halogens is 4. The largest absolute Gasteiger partial charge is 0.326 e. The summed E-state index contributed by atoms with van der Waals surface area (Å²) >= 11 is 18.9. The summed E-state index contributed by atoms with van der Waals surface area (Å²) in [7, 11) is 0. The molecular weight excluding hydrogens is 462 g/mol. The van der Waals surface area contributed by atoms with Gasteiger partial charge in [0.25, 0.3) is 5.91 Å². The van der Waals surface area contributed by atoms with Crippen LogP contribution < -0.4 is 10.6 Å². The van der Waals surface area contributed by atoms with Crippen molar-refractivity contribution in [2.75, 3.05) is 10.6 Å². The van der Waals surface area contributed by atoms with Gasteiger partial charge >= 0.3 is 0 Å². The molecule has 2 atom stereocenters. The Hall–Kier alpha value is -2.60. The number of benzene rings is 3. The summed E-state index contributed by atoms with van der Waals surface area (Å²) in [5.74, 6) is -2.23. The van der Waals surface area contributed by atoms with E-state index in [0.717, 1.165) is 5.56 Å². The fraction of sp³-hybridized carbons (Fsp3) is 0.130. The van der Waals surface area contributed by atoms with E-state index >= 15 is 0 Å². The van der Waals surface area contributed by atoms with E-state index in [1.165, 1.54) is 36.4 Å². The third kappa shape index (κ3) is 4.54. The highest BCUT2D eigenvalue weighted by atomic mass is 35.5. The summed E-state index contributed by atoms with van der Waals surface area (Å²) in [6, 6.07) is 19.2. The molecule has 158 valence electrons. The zero-order valence-corrected chi connectivity index (χ0v) is 18.2. The minimum absolute atomic E-state index is 0.155. The molecule has 0 unspecified atom stereocenters. The molecule has 0 bridgehead atoms. The normalized spacial score (nSPS) is 18.8. The van der Waals surface area contributed by atoms with Gasteiger partial charge < -0.3 is 10.6 Å². The predicted octanol–water partition coefficient (Wildman–Crippen LogP) is 6.26. The number of hydrogen-bond donors (Lipinski definition) is 2. The number of hydrogen-bond acceptors (Lipinski definition) is 2. The Balaban J connectivity index is 1.49. The molecule has 0 heterocycles. The molecule has 1 aliphatic carbocycles. The molecule has 4 nitrogen and oxygen atoms in total. The van der Waals surface area contributed by atoms with E-state index in [4.69, 9.17) is 34.8 Å². The van der Waals surface area contributed by atoms with Gasteiger partial charge in [-0.05, 0) is 48.0 Å². The number of rotatable bonds is 5. The van der Waals surface area contributed by atoms with Gasteiger partial charge in [-0.25, -0.2) is 4.39 Å². The molecule has 0 saturated heterocycles. The van der Waals surface area contributed by atoms with Crippen molar-refractivity contribution in [2.45, 2.75) is 10.3 Å². The van der Waals surface area contributed by atoms with Crippen LogP contribution in [0.3, 0.4) is 0 Å². The lowest BCUT2D eigenvalue weighted by Gasteiger charge is -2.10. The van der Waals surface area contributed by atoms with Crippen molar-refractivity contribution in [1.82, 2.24) is 0 Å². The zero-order chi connectivity index (χ0) is 22.2. The lowest BCUT2D eigenvalue weighted by atomic mass is 10.1. The van der Waals surface area contributed by atoms with Crippen LogP contribution in [0.2, 0.25) is 5.02 Å². The second-order valence-electron chi connectivity index (χ2n) is 7.19. The van der Waals surface area contributed by atoms with Crippen molar-refractivity contribution in [3.63, 3.8) is 0 Å². The second kappa shape index (κ2) is 8.50. The third-order valence-electron chi connectivity index (χ3n) is 5.08. The molecule has 0 aromatic heterocycles. The summed E-state index contributed by atoms with van der Waals surface area (Å²) in [5.41, 5.74) is 1.82. The highest BCUT2D eigenvalue weighted by molar-refractivity contribution is 6.53. The van der Waals surface area contributed by atoms with E-state index in [1.54, 1.807) is 6.07 Å². The maximum absolute atomic E-state index is 13.1. The van der Waals surface area contributed by atoms with E-state index in [0.29, 0.717) is 11.4 Å². The molecule has 3 aromatic carbocycles. The lowest BCUT2D eigenvalue weighted by Crippen LogP contribution is -2.18. The highest BCUT2D eigenvalue weighted by Crippen LogP contribution is 2.65. The van der Waals surface area contributed by atoms with Crippen LogP contribution in [-0.2, 0) is 4.79 Å². The van der Waals surface area contributed by atoms with E-state index in [9.17, 15) is 14.0 Å². The Labute approximate surface area is 193 Å². The average Bonchev–Trinajstić information content (AvgIpc) is 3.33. The summed E-state index contributed by atoms with van der Waals surface area (Å²) in [5, 5.41) is 5.60. The molecule has 8 heteroatoms. The van der Waals surface area contributed by atoms with Crippen LogP contribution in [0.5, 0.6) is 0 Å². The van der Waals surface area contributed by atoms with Gasteiger partial charge in [0.1, 0.15) is 10.2 Å². The van der Waals surface area contributed by atoms with Crippen molar-refractivity contribution in [3.8, 4) is 0 Å². The summed E-state index contributed by atoms with van der Waals surface area (Å²) in [6.07, 6.45) is 0. The molecule has 4 rings (SSSR count). The number of carbonyl (C=O) groups is 2. The highest BCUT2D eigenvalue weighted by Gasteiger charge is 2.67. The molecule has 2 N–H and O–H groups in total. The Morgan fingerprint density at radius 1 is 0.871 bits per heavy atom. The predicted molar refractivity (Wildman–Crippen MR) is 122 cm³/mol. The van der Waals surface area contributed by atoms with Gasteiger partial charge in [0.15, 0.2) is 0 Å². The number of alkyl halides is 2. The first kappa shape index (κ1) is 21.6. The van der Waals surface area contributed by atoms with Crippen molar-refractivity contribution in [3.05, 3.63) is 94.8 Å². The van der Waals surface area contributed by atoms with Crippen molar-refractivity contribution < 1.29 is 14.0 Å². The summed E-state index contributed by atoms with van der Waals surface area (Å²) < 4.78 is 11.8. The van der Waals surface area contributed by atoms with Gasteiger partial charge in [-0.3, -0.25) is 9.59 Å². The SMILES string of the molecule is O=C(Nc1ccc(F)cc1)c1cc(NC(=O)[C@@H]2[C@@H](c3ccccc3)C2(Cl)Cl)ccc1Cl. The van der Waals surface area contributed by atoms with Crippen molar-refractivity contribution >= 4 is 58.0 Å². The van der Waals surface area contributed by atoms with Gasteiger partial charge in [0, 0.05) is 17.3 Å². The minimum Gasteiger partial charge on any atom is -0.326 e. The zero-order valence-electron chi connectivity index (χ0n) is 15.9. The molecule has 2 amide bonds. The van der Waals surface area contributed by atoms with E-state index < -0.39 is 22.0 Å². The van der Waals surface area contributed by atoms with Crippen LogP contribution in [-0.4, -0.2) is 16.1 Å². The van der Waals surface area contributed by atoms with E-state index in [1.807, 2.05) is 30.3 Å². The molecule has 3 aromatic rings. The molecule has 31 heavy (non-hydrogen) atoms. The van der Waals surface area contributed by atoms with Crippen molar-refractivity contribution in [1.29, 1.82) is 0 Å². The van der Waals surface area contributed by atoms with Crippen LogP contribution in [0.4, 0.5) is 15.8 Å². The smallest absolute Gasteiger partial charge is 0.257 e. The Morgan fingerprint density at radius 2 is 1.52 bits per heavy atom. The van der Waals surface area contributed by atoms with E-state index in [-0.39, 0.29) is 22.4 Å². The van der Waals surface area contributed by atoms with Gasteiger partial charge in [0.2, 0.25) is 5.91 Å². The van der Waals surface area contributed by atoms with Gasteiger partial charge in [0.05, 0.1) is 16.5 Å². The fourth-order valence-electron chi connectivity index (χ4n) is 3.46. The van der Waals surface area contributed by atoms with Crippen LogP contribution in [0.15, 0.2) is 72.8 Å². The molecular formula is C23H16Cl3FN2O2. The Kier molecular flexibility index (Phi) is 5.93. The third-order valence-corrected chi connectivity index (χ3v) is 6.35. The number of anilines is 2. The molecule has 0 spiro atoms. The molecule has 0 aliphatic heterocycles. The number of nitrogens with one attached hydrogen (secondary N) is 2. The maximum atomic E-state index is 13.1. The summed E-state index contributed by atoms with van der Waals surface area (Å²) in [6.45, 7) is 0. The second-order valence-corrected chi connectivity index (χ2v) is 9.04. The van der Waals surface area contributed by atoms with Crippen LogP contribution in [0, 0.1) is 11.7 Å². The maximum Gasteiger partial charge on any atom is 0.257 e. The van der Waals surface area contributed by atoms with Gasteiger partial charge in [-0.2, -0.15) is 0 Å². The van der Waals surface area contributed by atoms with Crippen LogP contribution >= 0.6 is 34.8 Å². The van der Waals surface area contributed by atoms with Gasteiger partial charge in [-0.15, -0.1) is 23.2 Å². The molecule has 1 saturated carbocycles.